The van der Waals surface area contributed by atoms with Gasteiger partial charge in [0.15, 0.2) is 0 Å². The summed E-state index contributed by atoms with van der Waals surface area (Å²) in [6, 6.07) is 9.90. The highest BCUT2D eigenvalue weighted by atomic mass is 16.2. The third-order valence-electron chi connectivity index (χ3n) is 2.75. The SMILES string of the molecule is CCC(C(=O)N(C)CCN)c1ccccc1. The van der Waals surface area contributed by atoms with E-state index in [4.69, 9.17) is 5.73 Å². The predicted octanol–water partition coefficient (Wildman–Crippen LogP) is 1.60. The summed E-state index contributed by atoms with van der Waals surface area (Å²) in [5, 5.41) is 0. The van der Waals surface area contributed by atoms with Gasteiger partial charge in [-0.2, -0.15) is 0 Å². The number of carbonyl (C=O) groups excluding carboxylic acids is 1. The number of hydrogen-bond donors (Lipinski definition) is 1. The highest BCUT2D eigenvalue weighted by Crippen LogP contribution is 2.21. The van der Waals surface area contributed by atoms with E-state index in [2.05, 4.69) is 0 Å². The van der Waals surface area contributed by atoms with Crippen LogP contribution >= 0.6 is 0 Å². The molecule has 1 unspecified atom stereocenters. The number of carbonyl (C=O) groups is 1. The molecule has 0 aliphatic rings. The minimum absolute atomic E-state index is 0.0438. The van der Waals surface area contributed by atoms with Crippen molar-refractivity contribution in [2.45, 2.75) is 19.3 Å². The zero-order valence-electron chi connectivity index (χ0n) is 10.0. The fourth-order valence-corrected chi connectivity index (χ4v) is 1.81. The molecule has 1 atom stereocenters. The standard InChI is InChI=1S/C13H20N2O/c1-3-12(11-7-5-4-6-8-11)13(16)15(2)10-9-14/h4-8,12H,3,9-10,14H2,1-2H3. The van der Waals surface area contributed by atoms with Crippen LogP contribution in [0.5, 0.6) is 0 Å². The third kappa shape index (κ3) is 3.07. The summed E-state index contributed by atoms with van der Waals surface area (Å²) in [6.45, 7) is 3.15. The van der Waals surface area contributed by atoms with Crippen LogP contribution in [0.3, 0.4) is 0 Å². The Morgan fingerprint density at radius 1 is 1.38 bits per heavy atom. The largest absolute Gasteiger partial charge is 0.344 e. The Kier molecular flexibility index (Phi) is 4.99. The van der Waals surface area contributed by atoms with E-state index in [-0.39, 0.29) is 11.8 Å². The Hall–Kier alpha value is -1.35. The Bertz CT molecular complexity index is 324. The fourth-order valence-electron chi connectivity index (χ4n) is 1.81. The normalized spacial score (nSPS) is 12.2. The van der Waals surface area contributed by atoms with Gasteiger partial charge in [0.25, 0.3) is 0 Å². The summed E-state index contributed by atoms with van der Waals surface area (Å²) >= 11 is 0. The van der Waals surface area contributed by atoms with Gasteiger partial charge in [0, 0.05) is 20.1 Å². The van der Waals surface area contributed by atoms with Crippen molar-refractivity contribution in [1.82, 2.24) is 4.90 Å². The molecule has 0 fully saturated rings. The molecular weight excluding hydrogens is 200 g/mol. The van der Waals surface area contributed by atoms with Crippen LogP contribution in [-0.4, -0.2) is 30.9 Å². The molecule has 0 bridgehead atoms. The molecule has 3 nitrogen and oxygen atoms in total. The number of benzene rings is 1. The van der Waals surface area contributed by atoms with Gasteiger partial charge in [-0.05, 0) is 12.0 Å². The maximum atomic E-state index is 12.1. The molecule has 0 radical (unpaired) electrons. The van der Waals surface area contributed by atoms with Crippen molar-refractivity contribution in [1.29, 1.82) is 0 Å². The average molecular weight is 220 g/mol. The van der Waals surface area contributed by atoms with Crippen LogP contribution in [0, 0.1) is 0 Å². The molecular formula is C13H20N2O. The van der Waals surface area contributed by atoms with Gasteiger partial charge >= 0.3 is 0 Å². The van der Waals surface area contributed by atoms with Crippen molar-refractivity contribution in [3.8, 4) is 0 Å². The van der Waals surface area contributed by atoms with Crippen molar-refractivity contribution < 1.29 is 4.79 Å². The second kappa shape index (κ2) is 6.28. The summed E-state index contributed by atoms with van der Waals surface area (Å²) < 4.78 is 0. The maximum Gasteiger partial charge on any atom is 0.229 e. The highest BCUT2D eigenvalue weighted by Gasteiger charge is 2.21. The second-order valence-corrected chi connectivity index (χ2v) is 3.92. The molecule has 0 aliphatic heterocycles. The summed E-state index contributed by atoms with van der Waals surface area (Å²) in [5.41, 5.74) is 6.54. The number of hydrogen-bond acceptors (Lipinski definition) is 2. The first-order valence-electron chi connectivity index (χ1n) is 5.70. The van der Waals surface area contributed by atoms with Crippen molar-refractivity contribution >= 4 is 5.91 Å². The molecule has 16 heavy (non-hydrogen) atoms. The van der Waals surface area contributed by atoms with Gasteiger partial charge in [0.2, 0.25) is 5.91 Å². The lowest BCUT2D eigenvalue weighted by molar-refractivity contribution is -0.131. The smallest absolute Gasteiger partial charge is 0.229 e. The summed E-state index contributed by atoms with van der Waals surface area (Å²) in [5.74, 6) is 0.108. The van der Waals surface area contributed by atoms with Crippen LogP contribution < -0.4 is 5.73 Å². The molecule has 0 aliphatic carbocycles. The van der Waals surface area contributed by atoms with Gasteiger partial charge in [-0.1, -0.05) is 37.3 Å². The lowest BCUT2D eigenvalue weighted by atomic mass is 9.95. The van der Waals surface area contributed by atoms with E-state index in [9.17, 15) is 4.79 Å². The van der Waals surface area contributed by atoms with E-state index < -0.39 is 0 Å². The molecule has 0 aromatic heterocycles. The molecule has 1 rings (SSSR count). The summed E-state index contributed by atoms with van der Waals surface area (Å²) in [7, 11) is 1.81. The van der Waals surface area contributed by atoms with Crippen molar-refractivity contribution in [2.24, 2.45) is 5.73 Å². The van der Waals surface area contributed by atoms with Crippen molar-refractivity contribution in [3.05, 3.63) is 35.9 Å². The number of rotatable bonds is 5. The Morgan fingerprint density at radius 2 is 2.00 bits per heavy atom. The van der Waals surface area contributed by atoms with Gasteiger partial charge in [-0.15, -0.1) is 0 Å². The minimum Gasteiger partial charge on any atom is -0.344 e. The van der Waals surface area contributed by atoms with Crippen molar-refractivity contribution in [2.75, 3.05) is 20.1 Å². The molecule has 0 heterocycles. The van der Waals surface area contributed by atoms with Crippen LogP contribution in [0.25, 0.3) is 0 Å². The van der Waals surface area contributed by atoms with Gasteiger partial charge < -0.3 is 10.6 Å². The lowest BCUT2D eigenvalue weighted by Gasteiger charge is -2.22. The predicted molar refractivity (Wildman–Crippen MR) is 66.2 cm³/mol. The molecule has 1 aromatic carbocycles. The van der Waals surface area contributed by atoms with E-state index in [1.165, 1.54) is 0 Å². The van der Waals surface area contributed by atoms with Crippen molar-refractivity contribution in [3.63, 3.8) is 0 Å². The van der Waals surface area contributed by atoms with Crippen LogP contribution in [-0.2, 0) is 4.79 Å². The van der Waals surface area contributed by atoms with Crippen LogP contribution in [0.2, 0.25) is 0 Å². The molecule has 0 spiro atoms. The van der Waals surface area contributed by atoms with E-state index in [1.807, 2.05) is 37.3 Å². The zero-order chi connectivity index (χ0) is 12.0. The first kappa shape index (κ1) is 12.7. The first-order chi connectivity index (χ1) is 7.70. The zero-order valence-corrected chi connectivity index (χ0v) is 10.0. The molecule has 1 amide bonds. The van der Waals surface area contributed by atoms with Gasteiger partial charge in [0.1, 0.15) is 0 Å². The van der Waals surface area contributed by atoms with Crippen LogP contribution in [0.15, 0.2) is 30.3 Å². The molecule has 0 saturated heterocycles. The van der Waals surface area contributed by atoms with E-state index in [1.54, 1.807) is 11.9 Å². The highest BCUT2D eigenvalue weighted by molar-refractivity contribution is 5.83. The Balaban J connectivity index is 2.79. The first-order valence-corrected chi connectivity index (χ1v) is 5.70. The summed E-state index contributed by atoms with van der Waals surface area (Å²) in [4.78, 5) is 13.8. The lowest BCUT2D eigenvalue weighted by Crippen LogP contribution is -2.35. The summed E-state index contributed by atoms with van der Waals surface area (Å²) in [6.07, 6.45) is 0.817. The van der Waals surface area contributed by atoms with E-state index in [0.29, 0.717) is 13.1 Å². The third-order valence-corrected chi connectivity index (χ3v) is 2.75. The molecule has 1 aromatic rings. The van der Waals surface area contributed by atoms with Gasteiger partial charge in [0.05, 0.1) is 5.92 Å². The molecule has 88 valence electrons. The van der Waals surface area contributed by atoms with Gasteiger partial charge in [-0.25, -0.2) is 0 Å². The quantitative estimate of drug-likeness (QED) is 0.819. The van der Waals surface area contributed by atoms with E-state index in [0.717, 1.165) is 12.0 Å². The fraction of sp³-hybridized carbons (Fsp3) is 0.462. The second-order valence-electron chi connectivity index (χ2n) is 3.92. The topological polar surface area (TPSA) is 46.3 Å². The van der Waals surface area contributed by atoms with Crippen LogP contribution in [0.1, 0.15) is 24.8 Å². The van der Waals surface area contributed by atoms with Crippen LogP contribution in [0.4, 0.5) is 0 Å². The molecule has 3 heteroatoms. The minimum atomic E-state index is -0.0438. The number of nitrogens with zero attached hydrogens (tertiary/aromatic N) is 1. The Morgan fingerprint density at radius 3 is 2.50 bits per heavy atom. The Labute approximate surface area is 97.2 Å². The number of amides is 1. The average Bonchev–Trinajstić information content (AvgIpc) is 2.31. The van der Waals surface area contributed by atoms with Gasteiger partial charge in [-0.3, -0.25) is 4.79 Å². The maximum absolute atomic E-state index is 12.1. The molecule has 0 saturated carbocycles. The molecule has 2 N–H and O–H groups in total. The number of likely N-dealkylation sites (N-methyl/N-ethyl adjacent to an activating group) is 1. The number of nitrogens with two attached hydrogens (primary N) is 1. The monoisotopic (exact) mass is 220 g/mol. The van der Waals surface area contributed by atoms with E-state index >= 15 is 0 Å².